The van der Waals surface area contributed by atoms with Gasteiger partial charge in [-0.25, -0.2) is 4.79 Å². The number of nitrogens with two attached hydrogens (primary N) is 1. The van der Waals surface area contributed by atoms with Gasteiger partial charge in [-0.2, -0.15) is 4.98 Å². The molecule has 4 atom stereocenters. The summed E-state index contributed by atoms with van der Waals surface area (Å²) in [6.45, 7) is 1.55. The number of aliphatic hydroxyl groups is 1. The van der Waals surface area contributed by atoms with Gasteiger partial charge in [-0.3, -0.25) is 4.57 Å². The van der Waals surface area contributed by atoms with Crippen LogP contribution in [0.1, 0.15) is 19.6 Å². The highest BCUT2D eigenvalue weighted by Gasteiger charge is 2.38. The van der Waals surface area contributed by atoms with Crippen molar-refractivity contribution < 1.29 is 19.3 Å². The summed E-state index contributed by atoms with van der Waals surface area (Å²) in [5.41, 5.74) is 4.95. The second-order valence-corrected chi connectivity index (χ2v) is 4.57. The zero-order chi connectivity index (χ0) is 14.7. The maximum absolute atomic E-state index is 11.8. The summed E-state index contributed by atoms with van der Waals surface area (Å²) in [6, 6.07) is 1.52. The Morgan fingerprint density at radius 1 is 1.70 bits per heavy atom. The maximum Gasteiger partial charge on any atom is 0.351 e. The summed E-state index contributed by atoms with van der Waals surface area (Å²) < 4.78 is 17.6. The molecule has 0 aliphatic carbocycles. The zero-order valence-electron chi connectivity index (χ0n) is 11.4. The van der Waals surface area contributed by atoms with E-state index >= 15 is 0 Å². The van der Waals surface area contributed by atoms with Gasteiger partial charge in [0.05, 0.1) is 12.7 Å². The lowest BCUT2D eigenvalue weighted by Crippen LogP contribution is -2.31. The number of hydrogen-bond acceptors (Lipinski definition) is 7. The minimum atomic E-state index is -0.540. The van der Waals surface area contributed by atoms with Crippen molar-refractivity contribution in [2.24, 2.45) is 0 Å². The number of nitrogens with zero attached hydrogens (tertiary/aromatic N) is 2. The number of methoxy groups -OCH3 is 1. The van der Waals surface area contributed by atoms with E-state index in [1.807, 2.05) is 0 Å². The molecule has 0 bridgehead atoms. The molecule has 1 aromatic heterocycles. The highest BCUT2D eigenvalue weighted by molar-refractivity contribution is 5.23. The summed E-state index contributed by atoms with van der Waals surface area (Å²) in [7, 11) is 1.53. The minimum Gasteiger partial charge on any atom is -0.394 e. The minimum absolute atomic E-state index is 0.156. The summed E-state index contributed by atoms with van der Waals surface area (Å²) in [4.78, 5) is 15.4. The van der Waals surface area contributed by atoms with Crippen LogP contribution in [0, 0.1) is 0 Å². The molecule has 2 rings (SSSR count). The third-order valence-electron chi connectivity index (χ3n) is 3.22. The second-order valence-electron chi connectivity index (χ2n) is 4.57. The van der Waals surface area contributed by atoms with Crippen LogP contribution in [0.5, 0.6) is 0 Å². The van der Waals surface area contributed by atoms with Crippen LogP contribution in [0.4, 0.5) is 5.82 Å². The van der Waals surface area contributed by atoms with E-state index in [1.165, 1.54) is 23.9 Å². The van der Waals surface area contributed by atoms with Gasteiger partial charge in [0.25, 0.3) is 0 Å². The topological polar surface area (TPSA) is 109 Å². The van der Waals surface area contributed by atoms with E-state index in [9.17, 15) is 9.90 Å². The van der Waals surface area contributed by atoms with Crippen molar-refractivity contribution in [1.82, 2.24) is 9.55 Å². The number of rotatable bonds is 5. The Morgan fingerprint density at radius 2 is 2.45 bits per heavy atom. The van der Waals surface area contributed by atoms with Crippen molar-refractivity contribution in [1.29, 1.82) is 0 Å². The molecular formula is C12H19N3O5. The van der Waals surface area contributed by atoms with Crippen LogP contribution in [0.2, 0.25) is 0 Å². The highest BCUT2D eigenvalue weighted by atomic mass is 16.7. The molecule has 3 unspecified atom stereocenters. The Hall–Kier alpha value is -1.48. The molecule has 1 saturated heterocycles. The molecule has 8 heteroatoms. The van der Waals surface area contributed by atoms with Gasteiger partial charge in [-0.15, -0.1) is 0 Å². The van der Waals surface area contributed by atoms with E-state index in [2.05, 4.69) is 4.98 Å². The number of hydrogen-bond donors (Lipinski definition) is 2. The number of aliphatic hydroxyl groups excluding tert-OH is 1. The molecule has 0 amide bonds. The predicted molar refractivity (Wildman–Crippen MR) is 69.9 cm³/mol. The monoisotopic (exact) mass is 285 g/mol. The highest BCUT2D eigenvalue weighted by Crippen LogP contribution is 2.30. The summed E-state index contributed by atoms with van der Waals surface area (Å²) >= 11 is 0. The van der Waals surface area contributed by atoms with Gasteiger partial charge < -0.3 is 25.1 Å². The van der Waals surface area contributed by atoms with Gasteiger partial charge >= 0.3 is 5.69 Å². The maximum atomic E-state index is 11.8. The quantitative estimate of drug-likeness (QED) is 0.701. The molecule has 1 aliphatic rings. The second kappa shape index (κ2) is 6.31. The lowest BCUT2D eigenvalue weighted by atomic mass is 10.2. The molecule has 3 N–H and O–H groups in total. The average molecular weight is 285 g/mol. The fourth-order valence-corrected chi connectivity index (χ4v) is 2.13. The van der Waals surface area contributed by atoms with Crippen LogP contribution in [-0.2, 0) is 14.2 Å². The first-order chi connectivity index (χ1) is 9.55. The van der Waals surface area contributed by atoms with Crippen LogP contribution in [0.3, 0.4) is 0 Å². The first-order valence-electron chi connectivity index (χ1n) is 6.34. The lowest BCUT2D eigenvalue weighted by molar-refractivity contribution is -0.162. The van der Waals surface area contributed by atoms with Gasteiger partial charge in [0.2, 0.25) is 0 Å². The zero-order valence-corrected chi connectivity index (χ0v) is 11.4. The molecule has 0 radical (unpaired) electrons. The molecule has 1 aliphatic heterocycles. The van der Waals surface area contributed by atoms with Crippen LogP contribution in [0.25, 0.3) is 0 Å². The van der Waals surface area contributed by atoms with Gasteiger partial charge in [0, 0.05) is 19.7 Å². The molecule has 2 heterocycles. The van der Waals surface area contributed by atoms with Crippen LogP contribution in [0.15, 0.2) is 17.1 Å². The largest absolute Gasteiger partial charge is 0.394 e. The van der Waals surface area contributed by atoms with E-state index in [1.54, 1.807) is 6.92 Å². The van der Waals surface area contributed by atoms with E-state index in [0.29, 0.717) is 6.42 Å². The number of ether oxygens (including phenoxy) is 3. The summed E-state index contributed by atoms with van der Waals surface area (Å²) in [5, 5.41) is 9.33. The third-order valence-corrected chi connectivity index (χ3v) is 3.22. The first kappa shape index (κ1) is 14.9. The van der Waals surface area contributed by atoms with Crippen molar-refractivity contribution >= 4 is 5.82 Å². The molecule has 1 aromatic rings. The van der Waals surface area contributed by atoms with Gasteiger partial charge in [-0.1, -0.05) is 0 Å². The van der Waals surface area contributed by atoms with Crippen LogP contribution >= 0.6 is 0 Å². The fourth-order valence-electron chi connectivity index (χ4n) is 2.13. The standard InChI is InChI=1S/C12H19N3O5/c1-7(18-2)19-8-5-11(20-9(8)6-16)15-4-3-10(13)14-12(15)17/h3-4,7-9,11,16H,5-6H2,1-2H3,(H2,13,14,17)/t7-,8?,9?,11?/m0/s1. The third kappa shape index (κ3) is 3.15. The number of nitrogen functional groups attached to an aromatic ring is 1. The Kier molecular flexibility index (Phi) is 4.71. The Labute approximate surface area is 116 Å². The Balaban J connectivity index is 2.13. The van der Waals surface area contributed by atoms with Crippen molar-refractivity contribution in [3.63, 3.8) is 0 Å². The van der Waals surface area contributed by atoms with Crippen LogP contribution < -0.4 is 11.4 Å². The summed E-state index contributed by atoms with van der Waals surface area (Å²) in [6.07, 6.45) is 0.113. The number of anilines is 1. The van der Waals surface area contributed by atoms with E-state index < -0.39 is 24.3 Å². The molecule has 0 saturated carbocycles. The predicted octanol–water partition coefficient (Wildman–Crippen LogP) is -0.517. The van der Waals surface area contributed by atoms with Gasteiger partial charge in [0.15, 0.2) is 6.29 Å². The van der Waals surface area contributed by atoms with Crippen molar-refractivity contribution in [2.45, 2.75) is 38.1 Å². The fraction of sp³-hybridized carbons (Fsp3) is 0.667. The normalized spacial score (nSPS) is 27.6. The smallest absolute Gasteiger partial charge is 0.351 e. The lowest BCUT2D eigenvalue weighted by Gasteiger charge is -2.20. The summed E-state index contributed by atoms with van der Waals surface area (Å²) in [5.74, 6) is 0.156. The SMILES string of the molecule is CO[C@H](C)OC1CC(n2ccc(N)nc2=O)OC1CO. The van der Waals surface area contributed by atoms with Crippen LogP contribution in [-0.4, -0.2) is 46.9 Å². The van der Waals surface area contributed by atoms with Crippen molar-refractivity contribution in [3.05, 3.63) is 22.7 Å². The Bertz CT molecular complexity index is 506. The van der Waals surface area contributed by atoms with E-state index in [4.69, 9.17) is 19.9 Å². The average Bonchev–Trinajstić information content (AvgIpc) is 2.81. The Morgan fingerprint density at radius 3 is 3.05 bits per heavy atom. The molecule has 8 nitrogen and oxygen atoms in total. The molecule has 20 heavy (non-hydrogen) atoms. The van der Waals surface area contributed by atoms with E-state index in [-0.39, 0.29) is 18.5 Å². The molecule has 0 aromatic carbocycles. The van der Waals surface area contributed by atoms with Gasteiger partial charge in [-0.05, 0) is 13.0 Å². The van der Waals surface area contributed by atoms with Crippen molar-refractivity contribution in [2.75, 3.05) is 19.5 Å². The molecule has 1 fully saturated rings. The molecule has 0 spiro atoms. The molecular weight excluding hydrogens is 266 g/mol. The van der Waals surface area contributed by atoms with Crippen molar-refractivity contribution in [3.8, 4) is 0 Å². The first-order valence-corrected chi connectivity index (χ1v) is 6.34. The van der Waals surface area contributed by atoms with E-state index in [0.717, 1.165) is 0 Å². The number of aromatic nitrogens is 2. The molecule has 112 valence electrons. The van der Waals surface area contributed by atoms with Gasteiger partial charge in [0.1, 0.15) is 18.1 Å².